The van der Waals surface area contributed by atoms with Gasteiger partial charge in [0, 0.05) is 6.20 Å². The molecule has 0 spiro atoms. The van der Waals surface area contributed by atoms with Crippen LogP contribution < -0.4 is 0 Å². The van der Waals surface area contributed by atoms with Crippen LogP contribution in [-0.4, -0.2) is 9.38 Å². The predicted octanol–water partition coefficient (Wildman–Crippen LogP) is 3.28. The molecule has 88 valence electrons. The molecule has 0 saturated heterocycles. The van der Waals surface area contributed by atoms with Gasteiger partial charge in [0.1, 0.15) is 17.4 Å². The molecular weight excluding hydrogens is 210 g/mol. The lowest BCUT2D eigenvalue weighted by molar-refractivity contribution is 0.471. The highest BCUT2D eigenvalue weighted by Crippen LogP contribution is 2.28. The molecule has 0 unspecified atom stereocenters. The molecule has 0 aliphatic carbocycles. The van der Waals surface area contributed by atoms with E-state index in [1.165, 1.54) is 5.56 Å². The van der Waals surface area contributed by atoms with Gasteiger partial charge in [-0.05, 0) is 23.5 Å². The first-order chi connectivity index (χ1) is 8.08. The largest absolute Gasteiger partial charge is 0.291 e. The maximum atomic E-state index is 9.01. The van der Waals surface area contributed by atoms with E-state index in [1.54, 1.807) is 6.20 Å². The smallest absolute Gasteiger partial charge is 0.144 e. The Bertz CT molecular complexity index is 573. The third kappa shape index (κ3) is 2.03. The van der Waals surface area contributed by atoms with Gasteiger partial charge in [-0.3, -0.25) is 4.40 Å². The molecule has 0 saturated carbocycles. The molecule has 0 aliphatic heterocycles. The summed E-state index contributed by atoms with van der Waals surface area (Å²) >= 11 is 0. The Kier molecular flexibility index (Phi) is 2.89. The number of nitriles is 1. The van der Waals surface area contributed by atoms with Crippen molar-refractivity contribution in [3.05, 3.63) is 35.8 Å². The van der Waals surface area contributed by atoms with Gasteiger partial charge in [-0.2, -0.15) is 5.26 Å². The number of hydrogen-bond acceptors (Lipinski definition) is 2. The minimum Gasteiger partial charge on any atom is -0.291 e. The van der Waals surface area contributed by atoms with Crippen molar-refractivity contribution in [2.75, 3.05) is 0 Å². The molecule has 2 aromatic heterocycles. The zero-order valence-corrected chi connectivity index (χ0v) is 10.6. The van der Waals surface area contributed by atoms with E-state index < -0.39 is 0 Å². The summed E-state index contributed by atoms with van der Waals surface area (Å²) in [4.78, 5) is 4.20. The van der Waals surface area contributed by atoms with Gasteiger partial charge in [-0.15, -0.1) is 0 Å². The Hall–Kier alpha value is -1.82. The number of nitrogens with zero attached hydrogens (tertiary/aromatic N) is 3. The topological polar surface area (TPSA) is 41.1 Å². The monoisotopic (exact) mass is 227 g/mol. The molecule has 2 heterocycles. The number of aromatic nitrogens is 2. The van der Waals surface area contributed by atoms with E-state index in [1.807, 2.05) is 16.7 Å². The second-order valence-corrected chi connectivity index (χ2v) is 5.04. The molecule has 2 aromatic rings. The van der Waals surface area contributed by atoms with Crippen LogP contribution in [0.25, 0.3) is 5.65 Å². The molecular formula is C14H17N3. The van der Waals surface area contributed by atoms with Crippen LogP contribution in [0.4, 0.5) is 0 Å². The first-order valence-corrected chi connectivity index (χ1v) is 5.96. The number of pyridine rings is 1. The fraction of sp³-hybridized carbons (Fsp3) is 0.429. The standard InChI is InChI=1S/C14H17N3/c1-4-7-14(2,3)11-5-6-13-16-9-12(8-15)17(13)10-11/h5-6,9-10H,4,7H2,1-3H3. The molecule has 3 heteroatoms. The van der Waals surface area contributed by atoms with Crippen LogP contribution in [0.3, 0.4) is 0 Å². The summed E-state index contributed by atoms with van der Waals surface area (Å²) < 4.78 is 1.87. The van der Waals surface area contributed by atoms with Crippen LogP contribution in [0.2, 0.25) is 0 Å². The molecule has 17 heavy (non-hydrogen) atoms. The summed E-state index contributed by atoms with van der Waals surface area (Å²) in [5, 5.41) is 9.01. The zero-order valence-electron chi connectivity index (χ0n) is 10.6. The van der Waals surface area contributed by atoms with Crippen LogP contribution in [0.1, 0.15) is 44.9 Å². The third-order valence-electron chi connectivity index (χ3n) is 3.28. The van der Waals surface area contributed by atoms with E-state index in [-0.39, 0.29) is 5.41 Å². The summed E-state index contributed by atoms with van der Waals surface area (Å²) in [6.45, 7) is 6.67. The molecule has 0 radical (unpaired) electrons. The Balaban J connectivity index is 2.54. The summed E-state index contributed by atoms with van der Waals surface area (Å²) in [6.07, 6.45) is 5.94. The Morgan fingerprint density at radius 2 is 2.18 bits per heavy atom. The predicted molar refractivity (Wildman–Crippen MR) is 67.8 cm³/mol. The average Bonchev–Trinajstić information content (AvgIpc) is 2.70. The lowest BCUT2D eigenvalue weighted by Crippen LogP contribution is -2.17. The summed E-state index contributed by atoms with van der Waals surface area (Å²) in [5.74, 6) is 0. The van der Waals surface area contributed by atoms with Crippen molar-refractivity contribution in [2.24, 2.45) is 0 Å². The summed E-state index contributed by atoms with van der Waals surface area (Å²) in [6, 6.07) is 6.25. The minimum absolute atomic E-state index is 0.139. The van der Waals surface area contributed by atoms with Crippen molar-refractivity contribution >= 4 is 5.65 Å². The van der Waals surface area contributed by atoms with Crippen LogP contribution in [0.5, 0.6) is 0 Å². The maximum Gasteiger partial charge on any atom is 0.144 e. The molecule has 0 fully saturated rings. The first-order valence-electron chi connectivity index (χ1n) is 5.96. The Morgan fingerprint density at radius 1 is 1.41 bits per heavy atom. The van der Waals surface area contributed by atoms with E-state index in [0.717, 1.165) is 18.5 Å². The molecule has 2 rings (SSSR count). The van der Waals surface area contributed by atoms with Gasteiger partial charge >= 0.3 is 0 Å². The molecule has 0 bridgehead atoms. The van der Waals surface area contributed by atoms with Gasteiger partial charge in [0.15, 0.2) is 0 Å². The molecule has 0 aromatic carbocycles. The number of imidazole rings is 1. The molecule has 0 amide bonds. The van der Waals surface area contributed by atoms with Crippen LogP contribution in [-0.2, 0) is 5.41 Å². The third-order valence-corrected chi connectivity index (χ3v) is 3.28. The quantitative estimate of drug-likeness (QED) is 0.807. The van der Waals surface area contributed by atoms with Gasteiger partial charge in [0.05, 0.1) is 6.20 Å². The van der Waals surface area contributed by atoms with E-state index >= 15 is 0 Å². The summed E-state index contributed by atoms with van der Waals surface area (Å²) in [7, 11) is 0. The van der Waals surface area contributed by atoms with Crippen molar-refractivity contribution in [3.63, 3.8) is 0 Å². The van der Waals surface area contributed by atoms with Crippen molar-refractivity contribution in [1.29, 1.82) is 5.26 Å². The lowest BCUT2D eigenvalue weighted by Gasteiger charge is -2.24. The first kappa shape index (κ1) is 11.7. The van der Waals surface area contributed by atoms with Gasteiger partial charge in [0.25, 0.3) is 0 Å². The van der Waals surface area contributed by atoms with E-state index in [4.69, 9.17) is 5.26 Å². The molecule has 3 nitrogen and oxygen atoms in total. The van der Waals surface area contributed by atoms with Gasteiger partial charge in [-0.1, -0.05) is 33.3 Å². The van der Waals surface area contributed by atoms with Crippen LogP contribution in [0, 0.1) is 11.3 Å². The van der Waals surface area contributed by atoms with Crippen LogP contribution in [0.15, 0.2) is 24.5 Å². The van der Waals surface area contributed by atoms with Crippen molar-refractivity contribution in [2.45, 2.75) is 39.0 Å². The fourth-order valence-electron chi connectivity index (χ4n) is 2.23. The SMILES string of the molecule is CCCC(C)(C)c1ccc2ncc(C#N)n2c1. The Morgan fingerprint density at radius 3 is 2.82 bits per heavy atom. The Labute approximate surface area is 102 Å². The lowest BCUT2D eigenvalue weighted by atomic mass is 9.81. The second-order valence-electron chi connectivity index (χ2n) is 5.04. The average molecular weight is 227 g/mol. The van der Waals surface area contributed by atoms with Crippen molar-refractivity contribution in [3.8, 4) is 6.07 Å². The van der Waals surface area contributed by atoms with Crippen LogP contribution >= 0.6 is 0 Å². The molecule has 0 aliphatic rings. The maximum absolute atomic E-state index is 9.01. The summed E-state index contributed by atoms with van der Waals surface area (Å²) in [5.41, 5.74) is 2.81. The molecule has 0 atom stereocenters. The second kappa shape index (κ2) is 4.21. The van der Waals surface area contributed by atoms with E-state index in [9.17, 15) is 0 Å². The molecule has 0 N–H and O–H groups in total. The highest BCUT2D eigenvalue weighted by atomic mass is 15.0. The van der Waals surface area contributed by atoms with Crippen molar-refractivity contribution < 1.29 is 0 Å². The normalized spacial score (nSPS) is 11.6. The van der Waals surface area contributed by atoms with Gasteiger partial charge < -0.3 is 0 Å². The highest BCUT2D eigenvalue weighted by Gasteiger charge is 2.20. The van der Waals surface area contributed by atoms with Gasteiger partial charge in [0.2, 0.25) is 0 Å². The highest BCUT2D eigenvalue weighted by molar-refractivity contribution is 5.45. The van der Waals surface area contributed by atoms with Gasteiger partial charge in [-0.25, -0.2) is 4.98 Å². The fourth-order valence-corrected chi connectivity index (χ4v) is 2.23. The number of hydrogen-bond donors (Lipinski definition) is 0. The van der Waals surface area contributed by atoms with E-state index in [2.05, 4.69) is 37.9 Å². The van der Waals surface area contributed by atoms with E-state index in [0.29, 0.717) is 5.69 Å². The number of rotatable bonds is 3. The van der Waals surface area contributed by atoms with Crippen molar-refractivity contribution in [1.82, 2.24) is 9.38 Å². The number of fused-ring (bicyclic) bond motifs is 1. The minimum atomic E-state index is 0.139. The zero-order chi connectivity index (χ0) is 12.5.